The molecule has 12 heteroatoms. The van der Waals surface area contributed by atoms with E-state index < -0.39 is 6.04 Å². The largest absolute Gasteiger partial charge is 0.341 e. The van der Waals surface area contributed by atoms with Gasteiger partial charge in [-0.3, -0.25) is 4.79 Å². The van der Waals surface area contributed by atoms with E-state index in [1.165, 1.54) is 19.3 Å². The highest BCUT2D eigenvalue weighted by atomic mass is 16.2. The third-order valence-electron chi connectivity index (χ3n) is 10.2. The lowest BCUT2D eigenvalue weighted by atomic mass is 9.98. The topological polar surface area (TPSA) is 137 Å². The Labute approximate surface area is 275 Å². The van der Waals surface area contributed by atoms with Gasteiger partial charge < -0.3 is 40.2 Å². The summed E-state index contributed by atoms with van der Waals surface area (Å²) in [6.07, 6.45) is 7.34. The zero-order valence-corrected chi connectivity index (χ0v) is 27.6. The fourth-order valence-electron chi connectivity index (χ4n) is 7.40. The third-order valence-corrected chi connectivity index (χ3v) is 10.2. The molecular formula is C35H48N8O4. The van der Waals surface area contributed by atoms with Gasteiger partial charge in [-0.1, -0.05) is 37.6 Å². The van der Waals surface area contributed by atoms with Crippen molar-refractivity contribution in [1.29, 1.82) is 0 Å². The number of carbonyl (C=O) groups excluding carboxylic acids is 3. The molecule has 4 heterocycles. The number of para-hydroxylation sites is 1. The molecule has 12 nitrogen and oxygen atoms in total. The van der Waals surface area contributed by atoms with Crippen LogP contribution in [0.3, 0.4) is 0 Å². The Morgan fingerprint density at radius 3 is 2.49 bits per heavy atom. The summed E-state index contributed by atoms with van der Waals surface area (Å²) >= 11 is 0. The predicted molar refractivity (Wildman–Crippen MR) is 182 cm³/mol. The van der Waals surface area contributed by atoms with Gasteiger partial charge in [-0.15, -0.1) is 0 Å². The monoisotopic (exact) mass is 644 g/mol. The van der Waals surface area contributed by atoms with Crippen LogP contribution in [0.15, 0.2) is 47.3 Å². The number of benzene rings is 2. The Hall–Kier alpha value is -4.32. The van der Waals surface area contributed by atoms with Crippen LogP contribution in [0.5, 0.6) is 0 Å². The summed E-state index contributed by atoms with van der Waals surface area (Å²) < 4.78 is 0. The first-order chi connectivity index (χ1) is 22.8. The SMILES string of the molecule is CCC(CCN(C)C(=O)N[C@H](Cc1ccc2[nH]c(=O)[nH]c2c1)C(=O)N1CCC(N2CCCCC2)CC1)N1Cc2ccccc2NC1=O. The molecule has 2 fully saturated rings. The van der Waals surface area contributed by atoms with Crippen molar-refractivity contribution in [3.63, 3.8) is 0 Å². The molecule has 3 aliphatic heterocycles. The highest BCUT2D eigenvalue weighted by molar-refractivity contribution is 5.92. The van der Waals surface area contributed by atoms with Gasteiger partial charge in [-0.25, -0.2) is 14.4 Å². The van der Waals surface area contributed by atoms with Gasteiger partial charge in [0.05, 0.1) is 11.0 Å². The van der Waals surface area contributed by atoms with Crippen LogP contribution in [0.2, 0.25) is 0 Å². The fraction of sp³-hybridized carbons (Fsp3) is 0.543. The number of amides is 5. The molecule has 47 heavy (non-hydrogen) atoms. The zero-order chi connectivity index (χ0) is 32.9. The highest BCUT2D eigenvalue weighted by Gasteiger charge is 2.33. The first-order valence-corrected chi connectivity index (χ1v) is 17.2. The summed E-state index contributed by atoms with van der Waals surface area (Å²) in [6, 6.07) is 12.6. The molecule has 1 aromatic heterocycles. The Morgan fingerprint density at radius 2 is 1.72 bits per heavy atom. The van der Waals surface area contributed by atoms with E-state index in [2.05, 4.69) is 32.4 Å². The second kappa shape index (κ2) is 14.6. The van der Waals surface area contributed by atoms with E-state index in [-0.39, 0.29) is 29.7 Å². The number of H-pyrrole nitrogens is 2. The van der Waals surface area contributed by atoms with Crippen LogP contribution < -0.4 is 16.3 Å². The van der Waals surface area contributed by atoms with Crippen molar-refractivity contribution in [2.24, 2.45) is 0 Å². The number of aromatic amines is 2. The number of carbonyl (C=O) groups is 3. The lowest BCUT2D eigenvalue weighted by Crippen LogP contribution is -2.56. The number of aromatic nitrogens is 2. The number of anilines is 1. The van der Waals surface area contributed by atoms with Crippen molar-refractivity contribution in [3.05, 3.63) is 64.1 Å². The van der Waals surface area contributed by atoms with Crippen molar-refractivity contribution in [2.45, 2.75) is 83.0 Å². The predicted octanol–water partition coefficient (Wildman–Crippen LogP) is 4.10. The molecule has 0 radical (unpaired) electrons. The molecule has 4 N–H and O–H groups in total. The molecule has 6 rings (SSSR count). The molecule has 3 aliphatic rings. The maximum absolute atomic E-state index is 14.0. The van der Waals surface area contributed by atoms with Crippen molar-refractivity contribution in [3.8, 4) is 0 Å². The van der Waals surface area contributed by atoms with E-state index in [9.17, 15) is 19.2 Å². The molecule has 3 aromatic rings. The third kappa shape index (κ3) is 7.64. The van der Waals surface area contributed by atoms with Gasteiger partial charge in [-0.05, 0) is 80.9 Å². The summed E-state index contributed by atoms with van der Waals surface area (Å²) in [6.45, 7) is 6.63. The molecule has 0 saturated carbocycles. The van der Waals surface area contributed by atoms with Crippen molar-refractivity contribution < 1.29 is 14.4 Å². The average molecular weight is 645 g/mol. The first-order valence-electron chi connectivity index (χ1n) is 17.2. The highest BCUT2D eigenvalue weighted by Crippen LogP contribution is 2.26. The summed E-state index contributed by atoms with van der Waals surface area (Å²) in [5, 5.41) is 6.04. The van der Waals surface area contributed by atoms with Gasteiger partial charge in [0.1, 0.15) is 6.04 Å². The lowest BCUT2D eigenvalue weighted by Gasteiger charge is -2.41. The van der Waals surface area contributed by atoms with Crippen LogP contribution in [0.1, 0.15) is 63.0 Å². The van der Waals surface area contributed by atoms with Gasteiger partial charge in [0.2, 0.25) is 5.91 Å². The zero-order valence-electron chi connectivity index (χ0n) is 27.6. The number of likely N-dealkylation sites (tertiary alicyclic amines) is 2. The molecule has 1 unspecified atom stereocenters. The van der Waals surface area contributed by atoms with Crippen LogP contribution in [0.4, 0.5) is 15.3 Å². The maximum Gasteiger partial charge on any atom is 0.323 e. The average Bonchev–Trinajstić information content (AvgIpc) is 3.47. The van der Waals surface area contributed by atoms with Crippen molar-refractivity contribution in [2.75, 3.05) is 45.1 Å². The number of hydrogen-bond acceptors (Lipinski definition) is 5. The molecule has 0 aliphatic carbocycles. The van der Waals surface area contributed by atoms with E-state index in [0.717, 1.165) is 49.2 Å². The number of piperidine rings is 2. The number of nitrogens with zero attached hydrogens (tertiary/aromatic N) is 4. The number of fused-ring (bicyclic) bond motifs is 2. The second-order valence-electron chi connectivity index (χ2n) is 13.3. The minimum Gasteiger partial charge on any atom is -0.341 e. The fourth-order valence-corrected chi connectivity index (χ4v) is 7.40. The van der Waals surface area contributed by atoms with Crippen LogP contribution in [0.25, 0.3) is 11.0 Å². The number of rotatable bonds is 10. The Balaban J connectivity index is 1.10. The molecule has 2 aromatic carbocycles. The van der Waals surface area contributed by atoms with Gasteiger partial charge in [0.25, 0.3) is 0 Å². The molecule has 0 spiro atoms. The minimum absolute atomic E-state index is 0.0486. The van der Waals surface area contributed by atoms with E-state index >= 15 is 0 Å². The van der Waals surface area contributed by atoms with E-state index in [4.69, 9.17) is 0 Å². The summed E-state index contributed by atoms with van der Waals surface area (Å²) in [5.41, 5.74) is 3.84. The number of nitrogens with one attached hydrogen (secondary N) is 4. The van der Waals surface area contributed by atoms with Gasteiger partial charge >= 0.3 is 17.8 Å². The molecule has 2 atom stereocenters. The molecule has 5 amide bonds. The second-order valence-corrected chi connectivity index (χ2v) is 13.3. The number of urea groups is 2. The van der Waals surface area contributed by atoms with E-state index in [1.54, 1.807) is 11.9 Å². The minimum atomic E-state index is -0.758. The van der Waals surface area contributed by atoms with Gasteiger partial charge in [0.15, 0.2) is 0 Å². The van der Waals surface area contributed by atoms with Crippen LogP contribution in [-0.4, -0.2) is 105 Å². The first kappa shape index (κ1) is 32.6. The Kier molecular flexibility index (Phi) is 10.1. The van der Waals surface area contributed by atoms with Gasteiger partial charge in [-0.2, -0.15) is 0 Å². The van der Waals surface area contributed by atoms with Gasteiger partial charge in [0, 0.05) is 57.4 Å². The summed E-state index contributed by atoms with van der Waals surface area (Å²) in [4.78, 5) is 65.9. The van der Waals surface area contributed by atoms with E-state index in [0.29, 0.717) is 56.1 Å². The molecule has 2 saturated heterocycles. The Bertz CT molecular complexity index is 1620. The van der Waals surface area contributed by atoms with Crippen molar-refractivity contribution >= 4 is 34.7 Å². The number of imidazole rings is 1. The standard InChI is InChI=1S/C35H48N8O4/c1-3-26(43-23-25-9-5-6-10-28(25)38-35(43)47)13-18-40(2)34(46)39-31(22-24-11-12-29-30(21-24)37-33(45)36-29)32(44)42-19-14-27(15-20-42)41-16-7-4-8-17-41/h5-6,9-12,21,26-27,31H,3-4,7-8,13-20,22-23H2,1-2H3,(H,38,47)(H,39,46)(H2,36,37,45)/t26?,31-/m1/s1. The Morgan fingerprint density at radius 1 is 0.979 bits per heavy atom. The maximum atomic E-state index is 14.0. The van der Waals surface area contributed by atoms with Crippen LogP contribution in [-0.2, 0) is 17.8 Å². The lowest BCUT2D eigenvalue weighted by molar-refractivity contribution is -0.134. The molecule has 252 valence electrons. The normalized spacial score (nSPS) is 18.8. The molecular weight excluding hydrogens is 596 g/mol. The van der Waals surface area contributed by atoms with Crippen molar-refractivity contribution in [1.82, 2.24) is 34.9 Å². The smallest absolute Gasteiger partial charge is 0.323 e. The summed E-state index contributed by atoms with van der Waals surface area (Å²) in [7, 11) is 1.73. The van der Waals surface area contributed by atoms with Crippen LogP contribution in [0, 0.1) is 0 Å². The molecule has 0 bridgehead atoms. The van der Waals surface area contributed by atoms with E-state index in [1.807, 2.05) is 52.3 Å². The summed E-state index contributed by atoms with van der Waals surface area (Å²) in [5.74, 6) is -0.0819. The quantitative estimate of drug-likeness (QED) is 0.264. The number of hydrogen-bond donors (Lipinski definition) is 4. The van der Waals surface area contributed by atoms with Crippen LogP contribution >= 0.6 is 0 Å².